The van der Waals surface area contributed by atoms with Crippen LogP contribution >= 0.6 is 0 Å². The van der Waals surface area contributed by atoms with E-state index in [1.54, 1.807) is 6.92 Å². The molecule has 6 heteroatoms. The quantitative estimate of drug-likeness (QED) is 0.355. The number of rotatable bonds is 12. The van der Waals surface area contributed by atoms with Gasteiger partial charge in [-0.25, -0.2) is 4.79 Å². The number of ether oxygens (including phenoxy) is 1. The number of hydrogen-bond donors (Lipinski definition) is 2. The van der Waals surface area contributed by atoms with Crippen molar-refractivity contribution >= 4 is 17.8 Å². The fourth-order valence-electron chi connectivity index (χ4n) is 4.30. The van der Waals surface area contributed by atoms with E-state index < -0.39 is 29.9 Å². The van der Waals surface area contributed by atoms with E-state index in [4.69, 9.17) is 4.74 Å². The minimum atomic E-state index is -0.861. The lowest BCUT2D eigenvalue weighted by atomic mass is 9.90. The monoisotopic (exact) mass is 500 g/mol. The van der Waals surface area contributed by atoms with Crippen LogP contribution in [0.1, 0.15) is 49.8 Å². The van der Waals surface area contributed by atoms with E-state index in [0.717, 1.165) is 16.7 Å². The highest BCUT2D eigenvalue weighted by molar-refractivity contribution is 5.94. The van der Waals surface area contributed by atoms with Crippen molar-refractivity contribution in [2.24, 2.45) is 5.92 Å². The minimum Gasteiger partial charge on any atom is -0.464 e. The molecular weight excluding hydrogens is 464 g/mol. The number of carbonyl (C=O) groups excluding carboxylic acids is 3. The number of carbonyl (C=O) groups is 3. The molecule has 2 amide bonds. The average molecular weight is 501 g/mol. The fourth-order valence-corrected chi connectivity index (χ4v) is 4.30. The van der Waals surface area contributed by atoms with E-state index in [1.165, 1.54) is 0 Å². The Labute approximate surface area is 219 Å². The molecule has 6 nitrogen and oxygen atoms in total. The highest BCUT2D eigenvalue weighted by Gasteiger charge is 2.31. The van der Waals surface area contributed by atoms with E-state index >= 15 is 0 Å². The van der Waals surface area contributed by atoms with Gasteiger partial charge >= 0.3 is 5.97 Å². The second-order valence-electron chi connectivity index (χ2n) is 9.45. The van der Waals surface area contributed by atoms with Crippen molar-refractivity contribution in [3.05, 3.63) is 108 Å². The number of hydrogen-bond acceptors (Lipinski definition) is 4. The van der Waals surface area contributed by atoms with Crippen molar-refractivity contribution in [1.29, 1.82) is 0 Å². The molecule has 0 aliphatic heterocycles. The molecule has 0 fully saturated rings. The molecule has 2 atom stereocenters. The maximum Gasteiger partial charge on any atom is 0.328 e. The highest BCUT2D eigenvalue weighted by atomic mass is 16.5. The molecule has 3 rings (SSSR count). The molecule has 0 aliphatic carbocycles. The molecule has 0 aliphatic rings. The summed E-state index contributed by atoms with van der Waals surface area (Å²) in [5.74, 6) is -1.61. The van der Waals surface area contributed by atoms with E-state index in [-0.39, 0.29) is 18.4 Å². The van der Waals surface area contributed by atoms with Gasteiger partial charge in [0, 0.05) is 6.42 Å². The van der Waals surface area contributed by atoms with Gasteiger partial charge < -0.3 is 15.4 Å². The number of amides is 2. The lowest BCUT2D eigenvalue weighted by Crippen LogP contribution is -2.53. The Morgan fingerprint density at radius 2 is 1.19 bits per heavy atom. The lowest BCUT2D eigenvalue weighted by molar-refractivity contribution is -0.147. The SMILES string of the molecule is CCOC(=O)[C@H](Cc1ccccc1)NC(=O)[C@H](CC(C)C)NC(=O)C(c1ccccc1)c1ccccc1. The molecule has 0 unspecified atom stereocenters. The Kier molecular flexibility index (Phi) is 10.4. The molecule has 3 aromatic carbocycles. The van der Waals surface area contributed by atoms with Crippen molar-refractivity contribution in [3.8, 4) is 0 Å². The van der Waals surface area contributed by atoms with E-state index in [0.29, 0.717) is 12.8 Å². The van der Waals surface area contributed by atoms with Crippen LogP contribution < -0.4 is 10.6 Å². The van der Waals surface area contributed by atoms with Gasteiger partial charge in [0.05, 0.1) is 12.5 Å². The molecule has 0 radical (unpaired) electrons. The second-order valence-corrected chi connectivity index (χ2v) is 9.45. The Bertz CT molecular complexity index is 1090. The molecule has 0 saturated carbocycles. The maximum absolute atomic E-state index is 13.7. The smallest absolute Gasteiger partial charge is 0.328 e. The first-order valence-corrected chi connectivity index (χ1v) is 12.8. The summed E-state index contributed by atoms with van der Waals surface area (Å²) >= 11 is 0. The van der Waals surface area contributed by atoms with E-state index in [1.807, 2.05) is 105 Å². The topological polar surface area (TPSA) is 84.5 Å². The molecular formula is C31H36N2O4. The molecule has 3 aromatic rings. The Morgan fingerprint density at radius 3 is 1.68 bits per heavy atom. The maximum atomic E-state index is 13.7. The van der Waals surface area contributed by atoms with Crippen LogP contribution in [0, 0.1) is 5.92 Å². The van der Waals surface area contributed by atoms with Crippen LogP contribution in [-0.4, -0.2) is 36.5 Å². The minimum absolute atomic E-state index is 0.137. The van der Waals surface area contributed by atoms with Gasteiger partial charge in [0.25, 0.3) is 0 Å². The molecule has 0 saturated heterocycles. The highest BCUT2D eigenvalue weighted by Crippen LogP contribution is 2.25. The van der Waals surface area contributed by atoms with Gasteiger partial charge in [0.1, 0.15) is 12.1 Å². The summed E-state index contributed by atoms with van der Waals surface area (Å²) in [6.07, 6.45) is 0.721. The van der Waals surface area contributed by atoms with Gasteiger partial charge in [-0.2, -0.15) is 0 Å². The third kappa shape index (κ3) is 8.31. The molecule has 0 aromatic heterocycles. The van der Waals surface area contributed by atoms with Crippen LogP contribution in [-0.2, 0) is 25.5 Å². The Morgan fingerprint density at radius 1 is 0.703 bits per heavy atom. The van der Waals surface area contributed by atoms with E-state index in [2.05, 4.69) is 10.6 Å². The van der Waals surface area contributed by atoms with Crippen molar-refractivity contribution in [3.63, 3.8) is 0 Å². The molecule has 0 spiro atoms. The third-order valence-electron chi connectivity index (χ3n) is 6.04. The predicted octanol–water partition coefficient (Wildman–Crippen LogP) is 4.64. The molecule has 194 valence electrons. The van der Waals surface area contributed by atoms with Crippen molar-refractivity contribution in [2.75, 3.05) is 6.61 Å². The Balaban J connectivity index is 1.83. The van der Waals surface area contributed by atoms with Crippen LogP contribution in [0.2, 0.25) is 0 Å². The summed E-state index contributed by atoms with van der Waals surface area (Å²) in [6.45, 7) is 5.92. The molecule has 37 heavy (non-hydrogen) atoms. The van der Waals surface area contributed by atoms with Gasteiger partial charge in [-0.15, -0.1) is 0 Å². The number of esters is 1. The Hall–Kier alpha value is -3.93. The number of nitrogens with one attached hydrogen (secondary N) is 2. The van der Waals surface area contributed by atoms with Crippen molar-refractivity contribution in [1.82, 2.24) is 10.6 Å². The zero-order chi connectivity index (χ0) is 26.6. The number of benzene rings is 3. The van der Waals surface area contributed by atoms with Gasteiger partial charge in [-0.1, -0.05) is 105 Å². The van der Waals surface area contributed by atoms with Gasteiger partial charge in [-0.3, -0.25) is 9.59 Å². The summed E-state index contributed by atoms with van der Waals surface area (Å²) in [7, 11) is 0. The summed E-state index contributed by atoms with van der Waals surface area (Å²) in [5, 5.41) is 5.83. The van der Waals surface area contributed by atoms with Gasteiger partial charge in [0.2, 0.25) is 11.8 Å². The first-order chi connectivity index (χ1) is 17.9. The molecule has 0 bridgehead atoms. The van der Waals surface area contributed by atoms with Gasteiger partial charge in [0.15, 0.2) is 0 Å². The summed E-state index contributed by atoms with van der Waals surface area (Å²) in [5.41, 5.74) is 2.57. The van der Waals surface area contributed by atoms with Crippen LogP contribution in [0.4, 0.5) is 0 Å². The normalized spacial score (nSPS) is 12.6. The first-order valence-electron chi connectivity index (χ1n) is 12.8. The summed E-state index contributed by atoms with van der Waals surface area (Å²) in [4.78, 5) is 39.9. The first kappa shape index (κ1) is 27.7. The van der Waals surface area contributed by atoms with Crippen molar-refractivity contribution in [2.45, 2.75) is 51.6 Å². The lowest BCUT2D eigenvalue weighted by Gasteiger charge is -2.26. The average Bonchev–Trinajstić information content (AvgIpc) is 2.90. The van der Waals surface area contributed by atoms with E-state index in [9.17, 15) is 14.4 Å². The zero-order valence-electron chi connectivity index (χ0n) is 21.7. The summed E-state index contributed by atoms with van der Waals surface area (Å²) in [6, 6.07) is 26.8. The second kappa shape index (κ2) is 14.0. The van der Waals surface area contributed by atoms with Crippen LogP contribution in [0.3, 0.4) is 0 Å². The standard InChI is InChI=1S/C31H36N2O4/c1-4-37-31(36)27(21-23-14-8-5-9-15-23)33-29(34)26(20-22(2)3)32-30(35)28(24-16-10-6-11-17-24)25-18-12-7-13-19-25/h5-19,22,26-28H,4,20-21H2,1-3H3,(H,32,35)(H,33,34)/t26-,27-/m0/s1. The molecule has 0 heterocycles. The fraction of sp³-hybridized carbons (Fsp3) is 0.323. The predicted molar refractivity (Wildman–Crippen MR) is 145 cm³/mol. The zero-order valence-corrected chi connectivity index (χ0v) is 21.7. The third-order valence-corrected chi connectivity index (χ3v) is 6.04. The van der Waals surface area contributed by atoms with Crippen LogP contribution in [0.15, 0.2) is 91.0 Å². The van der Waals surface area contributed by atoms with Crippen LogP contribution in [0.5, 0.6) is 0 Å². The molecule has 2 N–H and O–H groups in total. The van der Waals surface area contributed by atoms with Gasteiger partial charge in [-0.05, 0) is 36.0 Å². The van der Waals surface area contributed by atoms with Crippen LogP contribution in [0.25, 0.3) is 0 Å². The van der Waals surface area contributed by atoms with Crippen molar-refractivity contribution < 1.29 is 19.1 Å². The summed E-state index contributed by atoms with van der Waals surface area (Å²) < 4.78 is 5.23. The largest absolute Gasteiger partial charge is 0.464 e.